The van der Waals surface area contributed by atoms with Gasteiger partial charge in [0, 0.05) is 15.9 Å². The standard InChI is InChI=1S/C14H21BrN2S/c1-2-10-5-6-11(9-16)13(8-10)18-14-12(15)4-3-7-17-14/h3-4,7,10-11,13H,2,5-6,8-9,16H2,1H3. The van der Waals surface area contributed by atoms with Gasteiger partial charge >= 0.3 is 0 Å². The van der Waals surface area contributed by atoms with E-state index in [4.69, 9.17) is 5.73 Å². The van der Waals surface area contributed by atoms with Gasteiger partial charge in [-0.15, -0.1) is 11.8 Å². The van der Waals surface area contributed by atoms with E-state index in [9.17, 15) is 0 Å². The maximum atomic E-state index is 5.93. The summed E-state index contributed by atoms with van der Waals surface area (Å²) in [6.07, 6.45) is 7.06. The van der Waals surface area contributed by atoms with E-state index in [1.165, 1.54) is 25.7 Å². The largest absolute Gasteiger partial charge is 0.330 e. The minimum atomic E-state index is 0.625. The molecule has 0 spiro atoms. The van der Waals surface area contributed by atoms with E-state index in [0.717, 1.165) is 22.0 Å². The molecule has 3 atom stereocenters. The average molecular weight is 329 g/mol. The van der Waals surface area contributed by atoms with Crippen LogP contribution in [0, 0.1) is 11.8 Å². The van der Waals surface area contributed by atoms with Gasteiger partial charge in [0.1, 0.15) is 5.03 Å². The molecule has 0 aromatic carbocycles. The van der Waals surface area contributed by atoms with Gasteiger partial charge in [0.25, 0.3) is 0 Å². The van der Waals surface area contributed by atoms with Gasteiger partial charge in [0.2, 0.25) is 0 Å². The van der Waals surface area contributed by atoms with Crippen molar-refractivity contribution in [2.45, 2.75) is 42.9 Å². The van der Waals surface area contributed by atoms with Crippen molar-refractivity contribution in [1.29, 1.82) is 0 Å². The van der Waals surface area contributed by atoms with Crippen molar-refractivity contribution in [1.82, 2.24) is 4.98 Å². The first-order chi connectivity index (χ1) is 8.74. The number of halogens is 1. The Balaban J connectivity index is 2.07. The smallest absolute Gasteiger partial charge is 0.110 e. The molecule has 2 N–H and O–H groups in total. The summed E-state index contributed by atoms with van der Waals surface area (Å²) < 4.78 is 1.10. The highest BCUT2D eigenvalue weighted by Gasteiger charge is 2.30. The van der Waals surface area contributed by atoms with Crippen molar-refractivity contribution in [3.05, 3.63) is 22.8 Å². The predicted octanol–water partition coefficient (Wildman–Crippen LogP) is 4.09. The first kappa shape index (κ1) is 14.4. The zero-order valence-corrected chi connectivity index (χ0v) is 13.2. The lowest BCUT2D eigenvalue weighted by Crippen LogP contribution is -2.32. The molecule has 1 aromatic rings. The molecule has 1 heterocycles. The quantitative estimate of drug-likeness (QED) is 0.904. The summed E-state index contributed by atoms with van der Waals surface area (Å²) >= 11 is 5.49. The fourth-order valence-corrected chi connectivity index (χ4v) is 4.59. The normalized spacial score (nSPS) is 28.3. The van der Waals surface area contributed by atoms with Crippen molar-refractivity contribution < 1.29 is 0 Å². The number of nitrogens with two attached hydrogens (primary N) is 1. The van der Waals surface area contributed by atoms with Crippen molar-refractivity contribution in [3.63, 3.8) is 0 Å². The Bertz CT molecular complexity index is 386. The van der Waals surface area contributed by atoms with Crippen molar-refractivity contribution >= 4 is 27.7 Å². The summed E-state index contributed by atoms with van der Waals surface area (Å²) in [7, 11) is 0. The lowest BCUT2D eigenvalue weighted by atomic mass is 9.80. The molecule has 0 saturated heterocycles. The second-order valence-corrected chi connectivity index (χ2v) is 7.11. The van der Waals surface area contributed by atoms with Gasteiger partial charge in [-0.1, -0.05) is 19.8 Å². The van der Waals surface area contributed by atoms with Gasteiger partial charge in [-0.25, -0.2) is 4.98 Å². The summed E-state index contributed by atoms with van der Waals surface area (Å²) in [6.45, 7) is 3.10. The fourth-order valence-electron chi connectivity index (χ4n) is 2.66. The van der Waals surface area contributed by atoms with Crippen LogP contribution in [0.2, 0.25) is 0 Å². The summed E-state index contributed by atoms with van der Waals surface area (Å²) in [5, 5.41) is 1.73. The molecule has 1 saturated carbocycles. The van der Waals surface area contributed by atoms with Gasteiger partial charge < -0.3 is 5.73 Å². The Kier molecular flexibility index (Phi) is 5.52. The minimum Gasteiger partial charge on any atom is -0.330 e. The third-order valence-corrected chi connectivity index (χ3v) is 6.24. The van der Waals surface area contributed by atoms with Crippen LogP contribution in [-0.4, -0.2) is 16.8 Å². The SMILES string of the molecule is CCC1CCC(CN)C(Sc2ncccc2Br)C1. The highest BCUT2D eigenvalue weighted by molar-refractivity contribution is 9.10. The van der Waals surface area contributed by atoms with Crippen LogP contribution in [-0.2, 0) is 0 Å². The Labute approximate surface area is 122 Å². The topological polar surface area (TPSA) is 38.9 Å². The molecule has 0 amide bonds. The van der Waals surface area contributed by atoms with Gasteiger partial charge in [0.15, 0.2) is 0 Å². The number of hydrogen-bond acceptors (Lipinski definition) is 3. The van der Waals surface area contributed by atoms with Crippen LogP contribution in [0.4, 0.5) is 0 Å². The van der Waals surface area contributed by atoms with Crippen LogP contribution in [0.1, 0.15) is 32.6 Å². The maximum Gasteiger partial charge on any atom is 0.110 e. The summed E-state index contributed by atoms with van der Waals surface area (Å²) in [6, 6.07) is 4.02. The molecule has 1 fully saturated rings. The van der Waals surface area contributed by atoms with Crippen LogP contribution in [0.15, 0.2) is 27.8 Å². The molecular formula is C14H21BrN2S. The van der Waals surface area contributed by atoms with Gasteiger partial charge in [-0.05, 0) is 59.3 Å². The molecule has 0 aliphatic heterocycles. The Morgan fingerprint density at radius 2 is 2.33 bits per heavy atom. The van der Waals surface area contributed by atoms with E-state index in [1.807, 2.05) is 24.0 Å². The molecule has 4 heteroatoms. The third-order valence-electron chi connectivity index (χ3n) is 3.90. The molecule has 0 bridgehead atoms. The van der Waals surface area contributed by atoms with Gasteiger partial charge in [0.05, 0.1) is 0 Å². The Hall–Kier alpha value is -0.0600. The van der Waals surface area contributed by atoms with Crippen molar-refractivity contribution in [3.8, 4) is 0 Å². The van der Waals surface area contributed by atoms with Gasteiger partial charge in [-0.3, -0.25) is 0 Å². The number of hydrogen-bond donors (Lipinski definition) is 1. The maximum absolute atomic E-state index is 5.93. The molecule has 18 heavy (non-hydrogen) atoms. The Morgan fingerprint density at radius 3 is 3.00 bits per heavy atom. The van der Waals surface area contributed by atoms with Crippen LogP contribution in [0.25, 0.3) is 0 Å². The first-order valence-corrected chi connectivity index (χ1v) is 8.39. The first-order valence-electron chi connectivity index (χ1n) is 6.71. The predicted molar refractivity (Wildman–Crippen MR) is 81.8 cm³/mol. The van der Waals surface area contributed by atoms with Crippen LogP contribution < -0.4 is 5.73 Å². The van der Waals surface area contributed by atoms with Crippen molar-refractivity contribution in [2.24, 2.45) is 17.6 Å². The Morgan fingerprint density at radius 1 is 1.50 bits per heavy atom. The van der Waals surface area contributed by atoms with Crippen LogP contribution >= 0.6 is 27.7 Å². The zero-order chi connectivity index (χ0) is 13.0. The van der Waals surface area contributed by atoms with E-state index in [2.05, 4.69) is 33.9 Å². The highest BCUT2D eigenvalue weighted by atomic mass is 79.9. The van der Waals surface area contributed by atoms with Crippen LogP contribution in [0.5, 0.6) is 0 Å². The number of nitrogens with zero attached hydrogens (tertiary/aromatic N) is 1. The molecule has 1 aliphatic carbocycles. The summed E-state index contributed by atoms with van der Waals surface area (Å²) in [5.74, 6) is 1.51. The van der Waals surface area contributed by atoms with Crippen LogP contribution in [0.3, 0.4) is 0 Å². The fraction of sp³-hybridized carbons (Fsp3) is 0.643. The van der Waals surface area contributed by atoms with E-state index in [-0.39, 0.29) is 0 Å². The number of rotatable bonds is 4. The highest BCUT2D eigenvalue weighted by Crippen LogP contribution is 2.41. The monoisotopic (exact) mass is 328 g/mol. The lowest BCUT2D eigenvalue weighted by molar-refractivity contribution is 0.283. The number of pyridine rings is 1. The van der Waals surface area contributed by atoms with E-state index in [1.54, 1.807) is 0 Å². The summed E-state index contributed by atoms with van der Waals surface area (Å²) in [4.78, 5) is 4.47. The number of aromatic nitrogens is 1. The molecule has 3 unspecified atom stereocenters. The molecule has 1 aromatic heterocycles. The molecule has 1 aliphatic rings. The minimum absolute atomic E-state index is 0.625. The third kappa shape index (κ3) is 3.49. The zero-order valence-electron chi connectivity index (χ0n) is 10.8. The van der Waals surface area contributed by atoms with Crippen molar-refractivity contribution in [2.75, 3.05) is 6.54 Å². The van der Waals surface area contributed by atoms with E-state index >= 15 is 0 Å². The lowest BCUT2D eigenvalue weighted by Gasteiger charge is -2.34. The molecule has 2 nitrogen and oxygen atoms in total. The second kappa shape index (κ2) is 6.92. The van der Waals surface area contributed by atoms with Gasteiger partial charge in [-0.2, -0.15) is 0 Å². The number of thioether (sulfide) groups is 1. The average Bonchev–Trinajstić information content (AvgIpc) is 2.41. The van der Waals surface area contributed by atoms with E-state index < -0.39 is 0 Å². The molecule has 0 radical (unpaired) electrons. The van der Waals surface area contributed by atoms with E-state index in [0.29, 0.717) is 11.2 Å². The summed E-state index contributed by atoms with van der Waals surface area (Å²) in [5.41, 5.74) is 5.93. The molecule has 2 rings (SSSR count). The molecule has 100 valence electrons. The second-order valence-electron chi connectivity index (χ2n) is 5.03. The molecular weight excluding hydrogens is 308 g/mol.